The number of thiophene rings is 1. The molecule has 1 aromatic heterocycles. The first kappa shape index (κ1) is 13.6. The minimum Gasteiger partial charge on any atom is -0.310 e. The summed E-state index contributed by atoms with van der Waals surface area (Å²) in [4.78, 5) is 2.55. The molecule has 0 bridgehead atoms. The summed E-state index contributed by atoms with van der Waals surface area (Å²) in [5.74, 6) is 0. The summed E-state index contributed by atoms with van der Waals surface area (Å²) in [6.07, 6.45) is 0. The van der Waals surface area contributed by atoms with Gasteiger partial charge in [-0.1, -0.05) is 37.6 Å². The van der Waals surface area contributed by atoms with Crippen LogP contribution in [0.4, 0.5) is 0 Å². The summed E-state index contributed by atoms with van der Waals surface area (Å²) < 4.78 is 0. The summed E-state index contributed by atoms with van der Waals surface area (Å²) in [5, 5.41) is 4.23. The van der Waals surface area contributed by atoms with Gasteiger partial charge in [0.2, 0.25) is 0 Å². The van der Waals surface area contributed by atoms with Gasteiger partial charge in [-0.05, 0) is 30.7 Å². The Hall–Kier alpha value is -0.830. The van der Waals surface area contributed by atoms with Gasteiger partial charge < -0.3 is 5.32 Å². The maximum atomic E-state index is 6.37. The lowest BCUT2D eigenvalue weighted by Gasteiger charge is -2.09. The highest BCUT2D eigenvalue weighted by molar-refractivity contribution is 7.15. The molecule has 3 heteroatoms. The van der Waals surface area contributed by atoms with Gasteiger partial charge in [0.05, 0.1) is 0 Å². The van der Waals surface area contributed by atoms with Crippen LogP contribution < -0.4 is 5.32 Å². The van der Waals surface area contributed by atoms with E-state index < -0.39 is 0 Å². The van der Waals surface area contributed by atoms with Crippen LogP contribution in [0.3, 0.4) is 0 Å². The fourth-order valence-corrected chi connectivity index (χ4v) is 3.04. The van der Waals surface area contributed by atoms with E-state index in [2.05, 4.69) is 56.4 Å². The van der Waals surface area contributed by atoms with E-state index in [1.165, 1.54) is 15.3 Å². The molecule has 2 aromatic rings. The van der Waals surface area contributed by atoms with Crippen molar-refractivity contribution in [3.05, 3.63) is 45.8 Å². The third-order valence-corrected chi connectivity index (χ3v) is 4.10. The zero-order valence-corrected chi connectivity index (χ0v) is 12.5. The molecule has 0 amide bonds. The van der Waals surface area contributed by atoms with Crippen LogP contribution >= 0.6 is 22.9 Å². The second-order valence-electron chi connectivity index (χ2n) is 4.76. The Balaban J connectivity index is 2.20. The summed E-state index contributed by atoms with van der Waals surface area (Å²) >= 11 is 8.15. The lowest BCUT2D eigenvalue weighted by atomic mass is 10.1. The molecule has 1 heterocycles. The number of hydrogen-bond acceptors (Lipinski definition) is 2. The number of halogens is 1. The van der Waals surface area contributed by atoms with E-state index in [-0.39, 0.29) is 0 Å². The van der Waals surface area contributed by atoms with Gasteiger partial charge in [0.25, 0.3) is 0 Å². The lowest BCUT2D eigenvalue weighted by Crippen LogP contribution is -2.21. The molecule has 0 unspecified atom stereocenters. The van der Waals surface area contributed by atoms with Crippen LogP contribution in [-0.2, 0) is 6.54 Å². The minimum atomic E-state index is 0.489. The molecule has 0 atom stereocenters. The van der Waals surface area contributed by atoms with Crippen molar-refractivity contribution in [2.75, 3.05) is 0 Å². The van der Waals surface area contributed by atoms with Gasteiger partial charge in [-0.2, -0.15) is 0 Å². The molecule has 0 fully saturated rings. The molecule has 0 aliphatic heterocycles. The van der Waals surface area contributed by atoms with Gasteiger partial charge in [-0.15, -0.1) is 11.3 Å². The second kappa shape index (κ2) is 5.87. The number of aryl methyl sites for hydroxylation is 1. The predicted octanol–water partition coefficient (Wildman–Crippen LogP) is 4.87. The van der Waals surface area contributed by atoms with Gasteiger partial charge in [-0.25, -0.2) is 0 Å². The van der Waals surface area contributed by atoms with Crippen molar-refractivity contribution >= 4 is 22.9 Å². The standard InChI is InChI=1S/C15H18ClNS/c1-10(2)17-9-12-5-6-13(14(16)8-12)15-7-4-11(3)18-15/h4-8,10,17H,9H2,1-3H3. The summed E-state index contributed by atoms with van der Waals surface area (Å²) in [6.45, 7) is 7.26. The third-order valence-electron chi connectivity index (χ3n) is 2.75. The molecule has 0 radical (unpaired) electrons. The Morgan fingerprint density at radius 3 is 2.56 bits per heavy atom. The van der Waals surface area contributed by atoms with Crippen LogP contribution in [0, 0.1) is 6.92 Å². The second-order valence-corrected chi connectivity index (χ2v) is 6.46. The van der Waals surface area contributed by atoms with Crippen molar-refractivity contribution in [3.8, 4) is 10.4 Å². The van der Waals surface area contributed by atoms with E-state index in [0.717, 1.165) is 17.1 Å². The smallest absolute Gasteiger partial charge is 0.0495 e. The number of benzene rings is 1. The predicted molar refractivity (Wildman–Crippen MR) is 81.5 cm³/mol. The number of nitrogens with one attached hydrogen (secondary N) is 1. The molecule has 0 spiro atoms. The van der Waals surface area contributed by atoms with E-state index in [0.29, 0.717) is 6.04 Å². The van der Waals surface area contributed by atoms with Crippen LogP contribution in [-0.4, -0.2) is 6.04 Å². The van der Waals surface area contributed by atoms with Crippen LogP contribution in [0.15, 0.2) is 30.3 Å². The molecule has 0 saturated heterocycles. The van der Waals surface area contributed by atoms with Gasteiger partial charge in [0, 0.05) is 32.9 Å². The maximum Gasteiger partial charge on any atom is 0.0495 e. The van der Waals surface area contributed by atoms with Crippen LogP contribution in [0.25, 0.3) is 10.4 Å². The molecule has 1 nitrogen and oxygen atoms in total. The number of hydrogen-bond donors (Lipinski definition) is 1. The average Bonchev–Trinajstić information content (AvgIpc) is 2.73. The first-order chi connectivity index (χ1) is 8.56. The Kier molecular flexibility index (Phi) is 4.44. The van der Waals surface area contributed by atoms with E-state index in [1.54, 1.807) is 11.3 Å². The van der Waals surface area contributed by atoms with Crippen LogP contribution in [0.1, 0.15) is 24.3 Å². The highest BCUT2D eigenvalue weighted by Gasteiger charge is 2.06. The Morgan fingerprint density at radius 2 is 2.00 bits per heavy atom. The maximum absolute atomic E-state index is 6.37. The topological polar surface area (TPSA) is 12.0 Å². The Morgan fingerprint density at radius 1 is 1.22 bits per heavy atom. The molecule has 1 aromatic carbocycles. The molecular weight excluding hydrogens is 262 g/mol. The van der Waals surface area contributed by atoms with Crippen molar-refractivity contribution in [1.82, 2.24) is 5.32 Å². The van der Waals surface area contributed by atoms with Crippen molar-refractivity contribution in [1.29, 1.82) is 0 Å². The highest BCUT2D eigenvalue weighted by Crippen LogP contribution is 2.33. The van der Waals surface area contributed by atoms with Crippen LogP contribution in [0.5, 0.6) is 0 Å². The van der Waals surface area contributed by atoms with Crippen molar-refractivity contribution in [2.45, 2.75) is 33.4 Å². The monoisotopic (exact) mass is 279 g/mol. The molecule has 0 aliphatic carbocycles. The fourth-order valence-electron chi connectivity index (χ4n) is 1.77. The number of rotatable bonds is 4. The SMILES string of the molecule is Cc1ccc(-c2ccc(CNC(C)C)cc2Cl)s1. The summed E-state index contributed by atoms with van der Waals surface area (Å²) in [7, 11) is 0. The minimum absolute atomic E-state index is 0.489. The fraction of sp³-hybridized carbons (Fsp3) is 0.333. The summed E-state index contributed by atoms with van der Waals surface area (Å²) in [5.41, 5.74) is 2.36. The molecule has 0 aliphatic rings. The average molecular weight is 280 g/mol. The third kappa shape index (κ3) is 3.35. The van der Waals surface area contributed by atoms with E-state index >= 15 is 0 Å². The van der Waals surface area contributed by atoms with Crippen molar-refractivity contribution in [3.63, 3.8) is 0 Å². The summed E-state index contributed by atoms with van der Waals surface area (Å²) in [6, 6.07) is 11.1. The first-order valence-corrected chi connectivity index (χ1v) is 7.34. The van der Waals surface area contributed by atoms with E-state index in [4.69, 9.17) is 11.6 Å². The zero-order chi connectivity index (χ0) is 13.1. The molecule has 1 N–H and O–H groups in total. The molecule has 0 saturated carbocycles. The van der Waals surface area contributed by atoms with E-state index in [1.807, 2.05) is 0 Å². The van der Waals surface area contributed by atoms with Crippen molar-refractivity contribution in [2.24, 2.45) is 0 Å². The lowest BCUT2D eigenvalue weighted by molar-refractivity contribution is 0.589. The van der Waals surface area contributed by atoms with E-state index in [9.17, 15) is 0 Å². The van der Waals surface area contributed by atoms with Gasteiger partial charge in [-0.3, -0.25) is 0 Å². The van der Waals surface area contributed by atoms with Gasteiger partial charge in [0.1, 0.15) is 0 Å². The molecule has 96 valence electrons. The van der Waals surface area contributed by atoms with Crippen molar-refractivity contribution < 1.29 is 0 Å². The highest BCUT2D eigenvalue weighted by atomic mass is 35.5. The van der Waals surface area contributed by atoms with Gasteiger partial charge >= 0.3 is 0 Å². The zero-order valence-electron chi connectivity index (χ0n) is 11.0. The quantitative estimate of drug-likeness (QED) is 0.841. The Bertz CT molecular complexity index is 531. The Labute approximate surface area is 118 Å². The van der Waals surface area contributed by atoms with Gasteiger partial charge in [0.15, 0.2) is 0 Å². The first-order valence-electron chi connectivity index (χ1n) is 6.15. The normalized spacial score (nSPS) is 11.2. The molecule has 18 heavy (non-hydrogen) atoms. The molecule has 2 rings (SSSR count). The molecular formula is C15H18ClNS. The largest absolute Gasteiger partial charge is 0.310 e. The van der Waals surface area contributed by atoms with Crippen LogP contribution in [0.2, 0.25) is 5.02 Å².